The van der Waals surface area contributed by atoms with Gasteiger partial charge in [-0.05, 0) is 92.3 Å². The fourth-order valence-electron chi connectivity index (χ4n) is 7.88. The van der Waals surface area contributed by atoms with Crippen LogP contribution >= 0.6 is 0 Å². The SMILES string of the molecule is C=C1CCC(N2Cc3cc(OCCOC(C)(C)C#Cc4ccc(OC5CC(Oc6ccc(-c7ccc8c9cnccc9n(C)c8c7)cn6)C5)cn4)ccc3C2=O)C(=O)N1. The van der Waals surface area contributed by atoms with Crippen molar-refractivity contribution < 1.29 is 28.5 Å². The molecule has 0 bridgehead atoms. The average Bonchev–Trinajstić information content (AvgIpc) is 3.70. The van der Waals surface area contributed by atoms with E-state index in [9.17, 15) is 9.59 Å². The summed E-state index contributed by atoms with van der Waals surface area (Å²) >= 11 is 0. The van der Waals surface area contributed by atoms with Crippen LogP contribution in [0, 0.1) is 11.8 Å². The molecule has 3 aliphatic rings. The van der Waals surface area contributed by atoms with Crippen molar-refractivity contribution in [3.05, 3.63) is 121 Å². The lowest BCUT2D eigenvalue weighted by Crippen LogP contribution is -2.49. The fourth-order valence-corrected chi connectivity index (χ4v) is 7.88. The highest BCUT2D eigenvalue weighted by Crippen LogP contribution is 2.34. The minimum absolute atomic E-state index is 0.0358. The van der Waals surface area contributed by atoms with Crippen molar-refractivity contribution in [3.63, 3.8) is 0 Å². The number of hydrogen-bond donors (Lipinski definition) is 1. The van der Waals surface area contributed by atoms with Crippen molar-refractivity contribution in [3.8, 4) is 40.3 Å². The van der Waals surface area contributed by atoms with E-state index in [1.54, 1.807) is 23.2 Å². The van der Waals surface area contributed by atoms with Gasteiger partial charge in [0.05, 0.1) is 18.3 Å². The standard InChI is InChI=1S/C47H44N6O6/c1-29-5-13-42(45(54)51-29)53-28-32-21-34(10-12-38(32)46(53)55)56-19-20-57-47(2,3)17-15-33-8-9-35(26-49-33)58-36-23-37(24-36)59-44-14-7-31(25-50-44)30-6-11-39-40-27-48-18-16-41(40)52(4)43(39)22-30/h6-12,14,16,18,21-22,25-27,36-37,42H,1,5,13,19-20,23-24,28H2,2-4H3,(H,51,54). The second kappa shape index (κ2) is 15.6. The Morgan fingerprint density at radius 3 is 2.49 bits per heavy atom. The van der Waals surface area contributed by atoms with Gasteiger partial charge in [0.15, 0.2) is 0 Å². The molecule has 6 heterocycles. The first kappa shape index (κ1) is 37.8. The molecule has 1 atom stereocenters. The highest BCUT2D eigenvalue weighted by Gasteiger charge is 2.38. The van der Waals surface area contributed by atoms with Crippen LogP contribution in [0.4, 0.5) is 0 Å². The monoisotopic (exact) mass is 788 g/mol. The smallest absolute Gasteiger partial charge is 0.255 e. The lowest BCUT2D eigenvalue weighted by atomic mass is 9.92. The summed E-state index contributed by atoms with van der Waals surface area (Å²) < 4.78 is 26.4. The van der Waals surface area contributed by atoms with Gasteiger partial charge < -0.3 is 33.7 Å². The van der Waals surface area contributed by atoms with Crippen molar-refractivity contribution in [2.24, 2.45) is 7.05 Å². The normalized spacial score (nSPS) is 18.9. The molecule has 12 nitrogen and oxygen atoms in total. The molecule has 2 amide bonds. The number of fused-ring (bicyclic) bond motifs is 4. The van der Waals surface area contributed by atoms with Gasteiger partial charge in [-0.3, -0.25) is 14.6 Å². The average molecular weight is 789 g/mol. The molecule has 1 saturated heterocycles. The number of rotatable bonds is 11. The number of amides is 2. The van der Waals surface area contributed by atoms with E-state index in [4.69, 9.17) is 18.9 Å². The predicted molar refractivity (Wildman–Crippen MR) is 223 cm³/mol. The third-order valence-electron chi connectivity index (χ3n) is 11.2. The molecule has 2 aliphatic heterocycles. The van der Waals surface area contributed by atoms with Crippen molar-refractivity contribution >= 4 is 33.6 Å². The zero-order valence-electron chi connectivity index (χ0n) is 33.2. The molecule has 2 aromatic carbocycles. The van der Waals surface area contributed by atoms with Crippen molar-refractivity contribution in [2.45, 2.75) is 69.9 Å². The molecule has 2 fully saturated rings. The Hall–Kier alpha value is -6.71. The Morgan fingerprint density at radius 1 is 0.864 bits per heavy atom. The van der Waals surface area contributed by atoms with E-state index in [1.807, 2.05) is 68.8 Å². The molecule has 1 saturated carbocycles. The van der Waals surface area contributed by atoms with Crippen molar-refractivity contribution in [1.29, 1.82) is 0 Å². The lowest BCUT2D eigenvalue weighted by Gasteiger charge is -2.34. The van der Waals surface area contributed by atoms with Gasteiger partial charge in [-0.25, -0.2) is 9.97 Å². The summed E-state index contributed by atoms with van der Waals surface area (Å²) in [4.78, 5) is 40.5. The summed E-state index contributed by atoms with van der Waals surface area (Å²) in [6.07, 6.45) is 10.1. The number of aryl methyl sites for hydroxylation is 1. The molecule has 4 aromatic heterocycles. The third kappa shape index (κ3) is 7.94. The van der Waals surface area contributed by atoms with Gasteiger partial charge in [-0.15, -0.1) is 0 Å². The third-order valence-corrected chi connectivity index (χ3v) is 11.2. The summed E-state index contributed by atoms with van der Waals surface area (Å²) in [6.45, 7) is 8.60. The Morgan fingerprint density at radius 2 is 1.69 bits per heavy atom. The first-order valence-corrected chi connectivity index (χ1v) is 19.9. The van der Waals surface area contributed by atoms with E-state index >= 15 is 0 Å². The maximum Gasteiger partial charge on any atom is 0.255 e. The van der Waals surface area contributed by atoms with Crippen molar-refractivity contribution in [2.75, 3.05) is 13.2 Å². The van der Waals surface area contributed by atoms with Crippen LogP contribution in [0.25, 0.3) is 32.9 Å². The zero-order chi connectivity index (χ0) is 40.7. The van der Waals surface area contributed by atoms with E-state index in [-0.39, 0.29) is 24.0 Å². The van der Waals surface area contributed by atoms with Crippen LogP contribution < -0.4 is 19.5 Å². The minimum Gasteiger partial charge on any atom is -0.491 e. The summed E-state index contributed by atoms with van der Waals surface area (Å²) in [5.74, 6) is 7.85. The van der Waals surface area contributed by atoms with Gasteiger partial charge in [0.25, 0.3) is 5.91 Å². The summed E-state index contributed by atoms with van der Waals surface area (Å²) in [5, 5.41) is 5.10. The Balaban J connectivity index is 0.702. The van der Waals surface area contributed by atoms with Crippen LogP contribution in [0.1, 0.15) is 61.1 Å². The second-order valence-corrected chi connectivity index (χ2v) is 15.8. The molecule has 298 valence electrons. The van der Waals surface area contributed by atoms with Gasteiger partial charge in [0, 0.05) is 84.2 Å². The number of pyridine rings is 3. The topological polar surface area (TPSA) is 130 Å². The maximum absolute atomic E-state index is 13.0. The van der Waals surface area contributed by atoms with Crippen LogP contribution in [0.2, 0.25) is 0 Å². The fraction of sp³-hybridized carbons (Fsp3) is 0.298. The second-order valence-electron chi connectivity index (χ2n) is 15.8. The van der Waals surface area contributed by atoms with Crippen LogP contribution in [-0.4, -0.2) is 73.3 Å². The number of piperidine rings is 1. The van der Waals surface area contributed by atoms with Crippen LogP contribution in [0.3, 0.4) is 0 Å². The van der Waals surface area contributed by atoms with E-state index in [1.165, 1.54) is 5.39 Å². The largest absolute Gasteiger partial charge is 0.491 e. The summed E-state index contributed by atoms with van der Waals surface area (Å²) in [5.41, 5.74) is 6.43. The molecule has 59 heavy (non-hydrogen) atoms. The lowest BCUT2D eigenvalue weighted by molar-refractivity contribution is -0.126. The number of carbonyl (C=O) groups excluding carboxylic acids is 2. The number of aromatic nitrogens is 4. The van der Waals surface area contributed by atoms with Crippen LogP contribution in [0.15, 0.2) is 104 Å². The van der Waals surface area contributed by atoms with Gasteiger partial charge in [-0.1, -0.05) is 24.6 Å². The minimum atomic E-state index is -0.739. The zero-order valence-corrected chi connectivity index (χ0v) is 33.2. The van der Waals surface area contributed by atoms with E-state index in [2.05, 4.69) is 68.5 Å². The van der Waals surface area contributed by atoms with Crippen molar-refractivity contribution in [1.82, 2.24) is 29.7 Å². The molecule has 9 rings (SSSR count). The summed E-state index contributed by atoms with van der Waals surface area (Å²) in [6, 6.07) is 21.1. The molecule has 1 aliphatic carbocycles. The van der Waals surface area contributed by atoms with Crippen LogP contribution in [-0.2, 0) is 23.1 Å². The maximum atomic E-state index is 13.0. The summed E-state index contributed by atoms with van der Waals surface area (Å²) in [7, 11) is 2.08. The first-order valence-electron chi connectivity index (χ1n) is 19.9. The quantitative estimate of drug-likeness (QED) is 0.108. The predicted octanol–water partition coefficient (Wildman–Crippen LogP) is 7.15. The van der Waals surface area contributed by atoms with E-state index in [0.717, 1.165) is 46.0 Å². The van der Waals surface area contributed by atoms with Crippen LogP contribution in [0.5, 0.6) is 17.4 Å². The molecule has 0 spiro atoms. The number of allylic oxidation sites excluding steroid dienone is 1. The highest BCUT2D eigenvalue weighted by atomic mass is 16.5. The number of ether oxygens (including phenoxy) is 4. The highest BCUT2D eigenvalue weighted by molar-refractivity contribution is 6.08. The first-order chi connectivity index (χ1) is 28.6. The van der Waals surface area contributed by atoms with Gasteiger partial charge in [0.2, 0.25) is 11.8 Å². The molecule has 6 aromatic rings. The van der Waals surface area contributed by atoms with Gasteiger partial charge >= 0.3 is 0 Å². The van der Waals surface area contributed by atoms with E-state index in [0.29, 0.717) is 66.9 Å². The number of benzene rings is 2. The van der Waals surface area contributed by atoms with E-state index < -0.39 is 11.6 Å². The number of nitrogens with one attached hydrogen (secondary N) is 1. The molecule has 0 radical (unpaired) electrons. The molecule has 1 unspecified atom stereocenters. The molecular formula is C47H44N6O6. The molecular weight excluding hydrogens is 745 g/mol. The van der Waals surface area contributed by atoms with Gasteiger partial charge in [0.1, 0.15) is 47.7 Å². The number of hydrogen-bond acceptors (Lipinski definition) is 9. The Kier molecular flexibility index (Phi) is 9.98. The molecule has 12 heteroatoms. The Bertz CT molecular complexity index is 2650. The number of carbonyl (C=O) groups is 2. The number of nitrogens with zero attached hydrogens (tertiary/aromatic N) is 5. The molecule has 1 N–H and O–H groups in total. The Labute approximate surface area is 342 Å². The van der Waals surface area contributed by atoms with Gasteiger partial charge in [-0.2, -0.15) is 0 Å².